The summed E-state index contributed by atoms with van der Waals surface area (Å²) < 4.78 is 10.7. The number of rotatable bonds is 8. The summed E-state index contributed by atoms with van der Waals surface area (Å²) in [6.45, 7) is 5.04. The first kappa shape index (κ1) is 17.6. The normalized spacial score (nSPS) is 10.6. The zero-order chi connectivity index (χ0) is 17.5. The zero-order valence-corrected chi connectivity index (χ0v) is 13.7. The number of ether oxygens (including phenoxy) is 1. The van der Waals surface area contributed by atoms with Crippen LogP contribution in [0.3, 0.4) is 0 Å². The van der Waals surface area contributed by atoms with E-state index in [0.29, 0.717) is 23.8 Å². The van der Waals surface area contributed by atoms with Crippen LogP contribution < -0.4 is 10.1 Å². The highest BCUT2D eigenvalue weighted by atomic mass is 16.5. The third-order valence-corrected chi connectivity index (χ3v) is 3.38. The fraction of sp³-hybridized carbons (Fsp3) is 0.333. The molecule has 0 saturated heterocycles. The van der Waals surface area contributed by atoms with Crippen molar-refractivity contribution in [3.05, 3.63) is 53.5 Å². The van der Waals surface area contributed by atoms with E-state index in [-0.39, 0.29) is 18.2 Å². The molecule has 2 aromatic rings. The largest absolute Gasteiger partial charge is 0.494 e. The number of carboxylic acids is 1. The first-order valence-corrected chi connectivity index (χ1v) is 7.79. The minimum Gasteiger partial charge on any atom is -0.494 e. The molecule has 2 rings (SSSR count). The zero-order valence-electron chi connectivity index (χ0n) is 13.7. The number of carbonyl (C=O) groups is 2. The molecule has 1 amide bonds. The highest BCUT2D eigenvalue weighted by Crippen LogP contribution is 2.14. The Bertz CT molecular complexity index is 688. The van der Waals surface area contributed by atoms with Gasteiger partial charge in [-0.15, -0.1) is 0 Å². The maximum Gasteiger partial charge on any atom is 0.371 e. The maximum atomic E-state index is 12.1. The van der Waals surface area contributed by atoms with Crippen molar-refractivity contribution in [3.63, 3.8) is 0 Å². The SMILES string of the molecule is CC(C)CCOc1ccc(C(=O)NCc2ccc(C(=O)O)o2)cc1. The summed E-state index contributed by atoms with van der Waals surface area (Å²) in [6, 6.07) is 9.76. The molecule has 24 heavy (non-hydrogen) atoms. The molecule has 1 aromatic heterocycles. The summed E-state index contributed by atoms with van der Waals surface area (Å²) in [5.41, 5.74) is 0.497. The molecule has 0 saturated carbocycles. The van der Waals surface area contributed by atoms with Gasteiger partial charge in [-0.2, -0.15) is 0 Å². The lowest BCUT2D eigenvalue weighted by Crippen LogP contribution is -2.22. The molecule has 6 nitrogen and oxygen atoms in total. The Morgan fingerprint density at radius 2 is 1.88 bits per heavy atom. The van der Waals surface area contributed by atoms with Crippen molar-refractivity contribution in [2.75, 3.05) is 6.61 Å². The van der Waals surface area contributed by atoms with E-state index in [4.69, 9.17) is 14.3 Å². The van der Waals surface area contributed by atoms with Crippen molar-refractivity contribution in [2.45, 2.75) is 26.8 Å². The second-order valence-corrected chi connectivity index (χ2v) is 5.81. The molecule has 0 aliphatic rings. The van der Waals surface area contributed by atoms with Crippen LogP contribution >= 0.6 is 0 Å². The molecular formula is C18H21NO5. The van der Waals surface area contributed by atoms with E-state index in [0.717, 1.165) is 12.2 Å². The Morgan fingerprint density at radius 1 is 1.17 bits per heavy atom. The topological polar surface area (TPSA) is 88.8 Å². The first-order chi connectivity index (χ1) is 11.5. The lowest BCUT2D eigenvalue weighted by Gasteiger charge is -2.09. The van der Waals surface area contributed by atoms with Crippen molar-refractivity contribution in [2.24, 2.45) is 5.92 Å². The predicted octanol–water partition coefficient (Wildman–Crippen LogP) is 3.33. The predicted molar refractivity (Wildman–Crippen MR) is 88.2 cm³/mol. The molecule has 128 valence electrons. The van der Waals surface area contributed by atoms with Crippen LogP contribution in [0, 0.1) is 5.92 Å². The van der Waals surface area contributed by atoms with Gasteiger partial charge in [0.15, 0.2) is 0 Å². The van der Waals surface area contributed by atoms with Gasteiger partial charge < -0.3 is 19.6 Å². The van der Waals surface area contributed by atoms with Crippen LogP contribution in [0.15, 0.2) is 40.8 Å². The van der Waals surface area contributed by atoms with Gasteiger partial charge in [-0.1, -0.05) is 13.8 Å². The fourth-order valence-corrected chi connectivity index (χ4v) is 1.97. The van der Waals surface area contributed by atoms with E-state index in [9.17, 15) is 9.59 Å². The van der Waals surface area contributed by atoms with E-state index in [1.807, 2.05) is 0 Å². The van der Waals surface area contributed by atoms with E-state index in [2.05, 4.69) is 19.2 Å². The summed E-state index contributed by atoms with van der Waals surface area (Å²) in [5.74, 6) is 0.136. The molecule has 0 fully saturated rings. The van der Waals surface area contributed by atoms with Crippen LogP contribution in [0.2, 0.25) is 0 Å². The van der Waals surface area contributed by atoms with E-state index in [1.165, 1.54) is 12.1 Å². The quantitative estimate of drug-likeness (QED) is 0.774. The summed E-state index contributed by atoms with van der Waals surface area (Å²) >= 11 is 0. The number of aromatic carboxylic acids is 1. The number of carboxylic acid groups (broad SMARTS) is 1. The minimum atomic E-state index is -1.14. The summed E-state index contributed by atoms with van der Waals surface area (Å²) in [7, 11) is 0. The van der Waals surface area contributed by atoms with Gasteiger partial charge in [-0.25, -0.2) is 4.79 Å². The number of amides is 1. The van der Waals surface area contributed by atoms with Crippen LogP contribution in [0.4, 0.5) is 0 Å². The van der Waals surface area contributed by atoms with Crippen LogP contribution in [0.1, 0.15) is 46.9 Å². The fourth-order valence-electron chi connectivity index (χ4n) is 1.97. The molecule has 0 bridgehead atoms. The molecule has 0 atom stereocenters. The number of hydrogen-bond donors (Lipinski definition) is 2. The van der Waals surface area contributed by atoms with Crippen molar-refractivity contribution < 1.29 is 23.8 Å². The van der Waals surface area contributed by atoms with Crippen LogP contribution in [0.5, 0.6) is 5.75 Å². The van der Waals surface area contributed by atoms with E-state index < -0.39 is 5.97 Å². The molecule has 1 aromatic carbocycles. The highest BCUT2D eigenvalue weighted by Gasteiger charge is 2.11. The van der Waals surface area contributed by atoms with E-state index >= 15 is 0 Å². The molecule has 2 N–H and O–H groups in total. The molecule has 0 spiro atoms. The third kappa shape index (κ3) is 5.15. The van der Waals surface area contributed by atoms with Gasteiger partial charge in [-0.3, -0.25) is 4.79 Å². The number of hydrogen-bond acceptors (Lipinski definition) is 4. The number of nitrogens with one attached hydrogen (secondary N) is 1. The molecule has 0 aliphatic heterocycles. The van der Waals surface area contributed by atoms with Gasteiger partial charge in [0, 0.05) is 5.56 Å². The molecule has 0 aliphatic carbocycles. The van der Waals surface area contributed by atoms with Crippen molar-refractivity contribution >= 4 is 11.9 Å². The Morgan fingerprint density at radius 3 is 2.46 bits per heavy atom. The van der Waals surface area contributed by atoms with E-state index in [1.54, 1.807) is 24.3 Å². The van der Waals surface area contributed by atoms with Gasteiger partial charge in [0.25, 0.3) is 5.91 Å². The minimum absolute atomic E-state index is 0.124. The van der Waals surface area contributed by atoms with Gasteiger partial charge in [-0.05, 0) is 48.7 Å². The lowest BCUT2D eigenvalue weighted by molar-refractivity contribution is 0.0660. The molecule has 0 radical (unpaired) electrons. The Hall–Kier alpha value is -2.76. The Kier molecular flexibility index (Phi) is 6.01. The number of benzene rings is 1. The van der Waals surface area contributed by atoms with Crippen LogP contribution in [-0.4, -0.2) is 23.6 Å². The number of carbonyl (C=O) groups excluding carboxylic acids is 1. The van der Waals surface area contributed by atoms with Crippen molar-refractivity contribution in [1.29, 1.82) is 0 Å². The monoisotopic (exact) mass is 331 g/mol. The number of furan rings is 1. The maximum absolute atomic E-state index is 12.1. The summed E-state index contributed by atoms with van der Waals surface area (Å²) in [6.07, 6.45) is 0.976. The average Bonchev–Trinajstić information content (AvgIpc) is 3.02. The summed E-state index contributed by atoms with van der Waals surface area (Å²) in [4.78, 5) is 22.8. The molecule has 6 heteroatoms. The molecule has 0 unspecified atom stereocenters. The second kappa shape index (κ2) is 8.19. The standard InChI is InChI=1S/C18H21NO5/c1-12(2)9-10-23-14-5-3-13(4-6-14)17(20)19-11-15-7-8-16(24-15)18(21)22/h3-8,12H,9-11H2,1-2H3,(H,19,20)(H,21,22). The Labute approximate surface area is 140 Å². The van der Waals surface area contributed by atoms with Crippen LogP contribution in [-0.2, 0) is 6.54 Å². The van der Waals surface area contributed by atoms with Crippen molar-refractivity contribution in [1.82, 2.24) is 5.32 Å². The smallest absolute Gasteiger partial charge is 0.371 e. The summed E-state index contributed by atoms with van der Waals surface area (Å²) in [5, 5.41) is 11.5. The van der Waals surface area contributed by atoms with Gasteiger partial charge in [0.2, 0.25) is 5.76 Å². The third-order valence-electron chi connectivity index (χ3n) is 3.38. The molecule has 1 heterocycles. The van der Waals surface area contributed by atoms with Crippen molar-refractivity contribution in [3.8, 4) is 5.75 Å². The van der Waals surface area contributed by atoms with Gasteiger partial charge in [0.1, 0.15) is 11.5 Å². The first-order valence-electron chi connectivity index (χ1n) is 7.79. The lowest BCUT2D eigenvalue weighted by atomic mass is 10.1. The highest BCUT2D eigenvalue weighted by molar-refractivity contribution is 5.94. The second-order valence-electron chi connectivity index (χ2n) is 5.81. The van der Waals surface area contributed by atoms with Gasteiger partial charge in [0.05, 0.1) is 13.2 Å². The Balaban J connectivity index is 1.84. The molecular weight excluding hydrogens is 310 g/mol. The van der Waals surface area contributed by atoms with Crippen LogP contribution in [0.25, 0.3) is 0 Å². The average molecular weight is 331 g/mol. The van der Waals surface area contributed by atoms with Gasteiger partial charge >= 0.3 is 5.97 Å².